The number of hydrogen-bond donors (Lipinski definition) is 0. The molecule has 0 unspecified atom stereocenters. The standard InChI is InChI=1S/C11H17N4O2/c1-11(2,3)15-9(16)13(5)8-12(4)6-7-14(8)10(15)17/h6-7H,1-5H3/q+1. The van der Waals surface area contributed by atoms with Gasteiger partial charge in [-0.3, -0.25) is 0 Å². The van der Waals surface area contributed by atoms with E-state index in [1.807, 2.05) is 20.8 Å². The van der Waals surface area contributed by atoms with Gasteiger partial charge in [0.15, 0.2) is 0 Å². The molecule has 0 aromatic carbocycles. The number of aromatic nitrogens is 4. The minimum absolute atomic E-state index is 0.302. The summed E-state index contributed by atoms with van der Waals surface area (Å²) in [6.45, 7) is 5.52. The van der Waals surface area contributed by atoms with E-state index < -0.39 is 5.54 Å². The predicted molar refractivity (Wildman–Crippen MR) is 63.1 cm³/mol. The van der Waals surface area contributed by atoms with Gasteiger partial charge in [-0.2, -0.15) is 8.97 Å². The van der Waals surface area contributed by atoms with Crippen LogP contribution in [0.2, 0.25) is 0 Å². The highest BCUT2D eigenvalue weighted by Crippen LogP contribution is 2.07. The first kappa shape index (κ1) is 11.6. The van der Waals surface area contributed by atoms with E-state index in [2.05, 4.69) is 0 Å². The first-order chi connectivity index (χ1) is 7.75. The molecule has 2 aromatic heterocycles. The third kappa shape index (κ3) is 1.51. The molecule has 2 heterocycles. The van der Waals surface area contributed by atoms with E-state index in [0.717, 1.165) is 0 Å². The van der Waals surface area contributed by atoms with Crippen molar-refractivity contribution in [3.8, 4) is 0 Å². The van der Waals surface area contributed by atoms with Crippen molar-refractivity contribution in [3.63, 3.8) is 0 Å². The quantitative estimate of drug-likeness (QED) is 0.573. The van der Waals surface area contributed by atoms with E-state index in [1.54, 1.807) is 31.1 Å². The molecule has 0 atom stereocenters. The van der Waals surface area contributed by atoms with E-state index in [1.165, 1.54) is 13.5 Å². The zero-order valence-corrected chi connectivity index (χ0v) is 10.8. The Morgan fingerprint density at radius 2 is 1.76 bits per heavy atom. The average molecular weight is 237 g/mol. The van der Waals surface area contributed by atoms with E-state index in [0.29, 0.717) is 5.78 Å². The third-order valence-corrected chi connectivity index (χ3v) is 2.82. The summed E-state index contributed by atoms with van der Waals surface area (Å²) in [5.41, 5.74) is -1.15. The summed E-state index contributed by atoms with van der Waals surface area (Å²) in [6, 6.07) is 0. The van der Waals surface area contributed by atoms with Gasteiger partial charge in [0.05, 0.1) is 20.3 Å². The zero-order valence-electron chi connectivity index (χ0n) is 10.8. The second kappa shape index (κ2) is 3.32. The maximum absolute atomic E-state index is 12.3. The lowest BCUT2D eigenvalue weighted by Gasteiger charge is -2.19. The molecule has 0 amide bonds. The summed E-state index contributed by atoms with van der Waals surface area (Å²) in [5.74, 6) is 0.570. The van der Waals surface area contributed by atoms with Crippen LogP contribution in [-0.4, -0.2) is 13.5 Å². The van der Waals surface area contributed by atoms with E-state index in [4.69, 9.17) is 0 Å². The van der Waals surface area contributed by atoms with Crippen LogP contribution in [0.15, 0.2) is 22.0 Å². The first-order valence-corrected chi connectivity index (χ1v) is 5.44. The van der Waals surface area contributed by atoms with Gasteiger partial charge < -0.3 is 0 Å². The molecule has 0 fully saturated rings. The molecule has 0 saturated heterocycles. The molecule has 6 heteroatoms. The van der Waals surface area contributed by atoms with Crippen molar-refractivity contribution >= 4 is 5.78 Å². The van der Waals surface area contributed by atoms with E-state index >= 15 is 0 Å². The molecule has 0 bridgehead atoms. The molecular weight excluding hydrogens is 220 g/mol. The van der Waals surface area contributed by atoms with Crippen LogP contribution in [0, 0.1) is 0 Å². The van der Waals surface area contributed by atoms with Crippen molar-refractivity contribution in [1.82, 2.24) is 13.5 Å². The second-order valence-electron chi connectivity index (χ2n) is 5.21. The maximum Gasteiger partial charge on any atom is 0.399 e. The molecule has 2 aromatic rings. The van der Waals surface area contributed by atoms with Crippen LogP contribution in [0.25, 0.3) is 5.78 Å². The molecule has 6 nitrogen and oxygen atoms in total. The van der Waals surface area contributed by atoms with Gasteiger partial charge >= 0.3 is 17.2 Å². The number of hydrogen-bond acceptors (Lipinski definition) is 2. The minimum atomic E-state index is -0.539. The largest absolute Gasteiger partial charge is 0.399 e. The highest BCUT2D eigenvalue weighted by atomic mass is 16.2. The van der Waals surface area contributed by atoms with Gasteiger partial charge in [0.25, 0.3) is 0 Å². The Morgan fingerprint density at radius 1 is 1.18 bits per heavy atom. The molecule has 2 rings (SSSR count). The Hall–Kier alpha value is -1.85. The highest BCUT2D eigenvalue weighted by Gasteiger charge is 2.26. The molecule has 0 aliphatic carbocycles. The summed E-state index contributed by atoms with van der Waals surface area (Å²) in [5, 5.41) is 0. The van der Waals surface area contributed by atoms with Crippen molar-refractivity contribution in [2.75, 3.05) is 0 Å². The lowest BCUT2D eigenvalue weighted by atomic mass is 10.1. The molecule has 92 valence electrons. The van der Waals surface area contributed by atoms with Crippen LogP contribution in [0.1, 0.15) is 20.8 Å². The molecule has 0 radical (unpaired) electrons. The Kier molecular flexibility index (Phi) is 2.27. The summed E-state index contributed by atoms with van der Waals surface area (Å²) >= 11 is 0. The Bertz CT molecular complexity index is 697. The smallest absolute Gasteiger partial charge is 0.237 e. The maximum atomic E-state index is 12.3. The van der Waals surface area contributed by atoms with Crippen LogP contribution >= 0.6 is 0 Å². The minimum Gasteiger partial charge on any atom is -0.237 e. The molecule has 17 heavy (non-hydrogen) atoms. The van der Waals surface area contributed by atoms with Crippen molar-refractivity contribution in [2.24, 2.45) is 14.1 Å². The third-order valence-electron chi connectivity index (χ3n) is 2.82. The molecule has 0 saturated carbocycles. The molecule has 0 spiro atoms. The topological polar surface area (TPSA) is 52.3 Å². The predicted octanol–water partition coefficient (Wildman–Crippen LogP) is -0.621. The van der Waals surface area contributed by atoms with Crippen molar-refractivity contribution in [2.45, 2.75) is 26.3 Å². The summed E-state index contributed by atoms with van der Waals surface area (Å²) in [7, 11) is 3.47. The van der Waals surface area contributed by atoms with Crippen molar-refractivity contribution in [3.05, 3.63) is 33.4 Å². The van der Waals surface area contributed by atoms with Crippen molar-refractivity contribution in [1.29, 1.82) is 0 Å². The summed E-state index contributed by atoms with van der Waals surface area (Å²) in [6.07, 6.45) is 3.42. The molecular formula is C11H17N4O2+. The van der Waals surface area contributed by atoms with Crippen LogP contribution in [0.5, 0.6) is 0 Å². The summed E-state index contributed by atoms with van der Waals surface area (Å²) < 4.78 is 5.97. The first-order valence-electron chi connectivity index (χ1n) is 5.44. The fourth-order valence-corrected chi connectivity index (χ4v) is 2.02. The summed E-state index contributed by atoms with van der Waals surface area (Å²) in [4.78, 5) is 24.5. The van der Waals surface area contributed by atoms with Crippen LogP contribution < -0.4 is 15.9 Å². The van der Waals surface area contributed by atoms with Gasteiger partial charge in [-0.15, -0.1) is 0 Å². The molecule has 0 aliphatic heterocycles. The Labute approximate surface area is 98.4 Å². The van der Waals surface area contributed by atoms with Gasteiger partial charge in [-0.1, -0.05) is 0 Å². The van der Waals surface area contributed by atoms with Crippen LogP contribution in [0.4, 0.5) is 0 Å². The Morgan fingerprint density at radius 3 is 2.29 bits per heavy atom. The highest BCUT2D eigenvalue weighted by molar-refractivity contribution is 5.19. The van der Waals surface area contributed by atoms with Gasteiger partial charge in [-0.05, 0) is 20.8 Å². The number of rotatable bonds is 0. The van der Waals surface area contributed by atoms with Crippen molar-refractivity contribution < 1.29 is 4.57 Å². The number of nitrogens with zero attached hydrogens (tertiary/aromatic N) is 4. The lowest BCUT2D eigenvalue weighted by molar-refractivity contribution is -0.647. The van der Waals surface area contributed by atoms with Gasteiger partial charge in [0.2, 0.25) is 0 Å². The number of aryl methyl sites for hydroxylation is 2. The van der Waals surface area contributed by atoms with Crippen LogP contribution in [0.3, 0.4) is 0 Å². The fourth-order valence-electron chi connectivity index (χ4n) is 2.02. The molecule has 0 N–H and O–H groups in total. The van der Waals surface area contributed by atoms with E-state index in [-0.39, 0.29) is 11.4 Å². The fraction of sp³-hybridized carbons (Fsp3) is 0.545. The van der Waals surface area contributed by atoms with Gasteiger partial charge in [-0.25, -0.2) is 18.7 Å². The Balaban J connectivity index is 3.10. The number of imidazole rings is 1. The zero-order chi connectivity index (χ0) is 13.0. The number of fused-ring (bicyclic) bond motifs is 1. The van der Waals surface area contributed by atoms with E-state index in [9.17, 15) is 9.59 Å². The average Bonchev–Trinajstić information content (AvgIpc) is 2.55. The van der Waals surface area contributed by atoms with Gasteiger partial charge in [0.1, 0.15) is 6.20 Å². The monoisotopic (exact) mass is 237 g/mol. The van der Waals surface area contributed by atoms with Gasteiger partial charge in [0, 0.05) is 5.54 Å². The van der Waals surface area contributed by atoms with Crippen LogP contribution in [-0.2, 0) is 19.6 Å². The SMILES string of the molecule is Cn1c(=O)n(C(C)(C)C)c(=O)n2cc[n+](C)c12. The second-order valence-corrected chi connectivity index (χ2v) is 5.21. The lowest BCUT2D eigenvalue weighted by Crippen LogP contribution is -2.51. The molecule has 0 aliphatic rings. The normalized spacial score (nSPS) is 12.3.